The Hall–Kier alpha value is -1.60. The molecule has 118 valence electrons. The molecule has 3 aromatic rings. The van der Waals surface area contributed by atoms with Crippen LogP contribution in [0.25, 0.3) is 11.0 Å². The maximum absolute atomic E-state index is 12.3. The molecular weight excluding hydrogens is 425 g/mol. The molecule has 0 unspecified atom stereocenters. The van der Waals surface area contributed by atoms with E-state index in [1.165, 1.54) is 0 Å². The van der Waals surface area contributed by atoms with E-state index < -0.39 is 0 Å². The van der Waals surface area contributed by atoms with Crippen LogP contribution in [0.1, 0.15) is 23.1 Å². The highest BCUT2D eigenvalue weighted by Crippen LogP contribution is 2.20. The molecule has 0 aliphatic rings. The number of hydrogen-bond acceptors (Lipinski definition) is 2. The van der Waals surface area contributed by atoms with Crippen molar-refractivity contribution in [3.8, 4) is 0 Å². The zero-order valence-corrected chi connectivity index (χ0v) is 15.4. The summed E-state index contributed by atoms with van der Waals surface area (Å²) in [4.78, 5) is 16.9. The van der Waals surface area contributed by atoms with E-state index in [0.29, 0.717) is 17.1 Å². The van der Waals surface area contributed by atoms with Crippen molar-refractivity contribution in [2.45, 2.75) is 20.0 Å². The van der Waals surface area contributed by atoms with E-state index in [9.17, 15) is 4.79 Å². The van der Waals surface area contributed by atoms with Gasteiger partial charge in [0.2, 0.25) is 0 Å². The Kier molecular flexibility index (Phi) is 4.87. The minimum Gasteiger partial charge on any atom is -0.345 e. The van der Waals surface area contributed by atoms with E-state index >= 15 is 0 Å². The van der Waals surface area contributed by atoms with Gasteiger partial charge < -0.3 is 9.88 Å². The Bertz CT molecular complexity index is 875. The van der Waals surface area contributed by atoms with E-state index in [0.717, 1.165) is 27.0 Å². The second kappa shape index (κ2) is 6.88. The summed E-state index contributed by atoms with van der Waals surface area (Å²) in [7, 11) is 0. The Morgan fingerprint density at radius 2 is 2.09 bits per heavy atom. The summed E-state index contributed by atoms with van der Waals surface area (Å²) >= 11 is 8.11. The van der Waals surface area contributed by atoms with Crippen molar-refractivity contribution in [3.05, 3.63) is 62.4 Å². The summed E-state index contributed by atoms with van der Waals surface area (Å²) in [6.45, 7) is 3.27. The second-order valence-electron chi connectivity index (χ2n) is 5.07. The average molecular weight is 440 g/mol. The van der Waals surface area contributed by atoms with Crippen LogP contribution in [-0.2, 0) is 13.1 Å². The van der Waals surface area contributed by atoms with Crippen LogP contribution in [0.5, 0.6) is 0 Å². The fourth-order valence-electron chi connectivity index (χ4n) is 2.51. The maximum Gasteiger partial charge on any atom is 0.251 e. The summed E-state index contributed by atoms with van der Waals surface area (Å²) in [5, 5.41) is 3.58. The van der Waals surface area contributed by atoms with Crippen molar-refractivity contribution in [1.82, 2.24) is 14.9 Å². The molecule has 1 aromatic heterocycles. The number of nitrogens with one attached hydrogen (secondary N) is 1. The van der Waals surface area contributed by atoms with Crippen LogP contribution in [-0.4, -0.2) is 15.5 Å². The molecule has 23 heavy (non-hydrogen) atoms. The maximum atomic E-state index is 12.3. The topological polar surface area (TPSA) is 46.9 Å². The van der Waals surface area contributed by atoms with Gasteiger partial charge in [-0.1, -0.05) is 23.7 Å². The fourth-order valence-corrected chi connectivity index (χ4v) is 3.14. The van der Waals surface area contributed by atoms with Crippen LogP contribution >= 0.6 is 34.2 Å². The molecule has 0 aliphatic carbocycles. The number of amides is 1. The number of halogens is 2. The van der Waals surface area contributed by atoms with Crippen LogP contribution in [0, 0.1) is 3.57 Å². The molecule has 1 amide bonds. The van der Waals surface area contributed by atoms with Gasteiger partial charge in [0.25, 0.3) is 5.91 Å². The molecule has 0 fully saturated rings. The lowest BCUT2D eigenvalue weighted by atomic mass is 10.2. The van der Waals surface area contributed by atoms with Crippen molar-refractivity contribution in [2.24, 2.45) is 0 Å². The number of para-hydroxylation sites is 2. The molecule has 0 spiro atoms. The number of hydrogen-bond donors (Lipinski definition) is 1. The standard InChI is InChI=1S/C17H15ClIN3O/c1-2-22-15-6-4-3-5-14(15)21-16(22)10-20-17(23)11-7-8-12(18)13(19)9-11/h3-9H,2,10H2,1H3,(H,20,23). The number of benzene rings is 2. The molecule has 0 atom stereocenters. The van der Waals surface area contributed by atoms with Crippen LogP contribution in [0.4, 0.5) is 0 Å². The summed E-state index contributed by atoms with van der Waals surface area (Å²) in [5.74, 6) is 0.722. The van der Waals surface area contributed by atoms with E-state index in [-0.39, 0.29) is 5.91 Å². The number of carbonyl (C=O) groups is 1. The van der Waals surface area contributed by atoms with Gasteiger partial charge >= 0.3 is 0 Å². The summed E-state index contributed by atoms with van der Waals surface area (Å²) in [5.41, 5.74) is 2.62. The van der Waals surface area contributed by atoms with E-state index in [2.05, 4.69) is 44.4 Å². The van der Waals surface area contributed by atoms with Crippen LogP contribution in [0.15, 0.2) is 42.5 Å². The van der Waals surface area contributed by atoms with Gasteiger partial charge in [-0.3, -0.25) is 4.79 Å². The quantitative estimate of drug-likeness (QED) is 0.618. The van der Waals surface area contributed by atoms with Gasteiger partial charge in [0.15, 0.2) is 0 Å². The molecule has 3 rings (SSSR count). The Morgan fingerprint density at radius 3 is 2.83 bits per heavy atom. The lowest BCUT2D eigenvalue weighted by molar-refractivity contribution is 0.0949. The molecule has 0 bridgehead atoms. The number of imidazole rings is 1. The summed E-state index contributed by atoms with van der Waals surface area (Å²) < 4.78 is 2.97. The van der Waals surface area contributed by atoms with Crippen molar-refractivity contribution in [3.63, 3.8) is 0 Å². The Balaban J connectivity index is 1.80. The van der Waals surface area contributed by atoms with Gasteiger partial charge in [-0.25, -0.2) is 4.98 Å². The summed E-state index contributed by atoms with van der Waals surface area (Å²) in [6, 6.07) is 13.2. The predicted octanol–water partition coefficient (Wildman–Crippen LogP) is 4.24. The van der Waals surface area contributed by atoms with Crippen LogP contribution in [0.3, 0.4) is 0 Å². The Labute approximate surface area is 153 Å². The predicted molar refractivity (Wildman–Crippen MR) is 101 cm³/mol. The largest absolute Gasteiger partial charge is 0.345 e. The van der Waals surface area contributed by atoms with Gasteiger partial charge in [0, 0.05) is 15.7 Å². The first-order valence-corrected chi connectivity index (χ1v) is 8.73. The zero-order valence-electron chi connectivity index (χ0n) is 12.5. The van der Waals surface area contributed by atoms with Crippen molar-refractivity contribution in [1.29, 1.82) is 0 Å². The molecule has 0 saturated carbocycles. The van der Waals surface area contributed by atoms with Gasteiger partial charge in [0.05, 0.1) is 22.6 Å². The molecule has 0 saturated heterocycles. The van der Waals surface area contributed by atoms with Crippen molar-refractivity contribution in [2.75, 3.05) is 0 Å². The number of nitrogens with zero attached hydrogens (tertiary/aromatic N) is 2. The monoisotopic (exact) mass is 439 g/mol. The van der Waals surface area contributed by atoms with Crippen LogP contribution < -0.4 is 5.32 Å². The molecule has 0 aliphatic heterocycles. The number of rotatable bonds is 4. The number of carbonyl (C=O) groups excluding carboxylic acids is 1. The van der Waals surface area contributed by atoms with Gasteiger partial charge in [-0.2, -0.15) is 0 Å². The third kappa shape index (κ3) is 3.35. The first kappa shape index (κ1) is 16.3. The summed E-state index contributed by atoms with van der Waals surface area (Å²) in [6.07, 6.45) is 0. The van der Waals surface area contributed by atoms with Crippen molar-refractivity contribution < 1.29 is 4.79 Å². The SMILES string of the molecule is CCn1c(CNC(=O)c2ccc(Cl)c(I)c2)nc2ccccc21. The highest BCUT2D eigenvalue weighted by molar-refractivity contribution is 14.1. The van der Waals surface area contributed by atoms with Gasteiger partial charge in [-0.05, 0) is 59.8 Å². The molecule has 1 N–H and O–H groups in total. The van der Waals surface area contributed by atoms with Crippen LogP contribution in [0.2, 0.25) is 5.02 Å². The number of aromatic nitrogens is 2. The molecule has 1 heterocycles. The first-order valence-electron chi connectivity index (χ1n) is 7.27. The minimum atomic E-state index is -0.130. The zero-order chi connectivity index (χ0) is 16.4. The third-order valence-electron chi connectivity index (χ3n) is 3.64. The second-order valence-corrected chi connectivity index (χ2v) is 6.64. The minimum absolute atomic E-state index is 0.130. The lowest BCUT2D eigenvalue weighted by Crippen LogP contribution is -2.24. The number of aryl methyl sites for hydroxylation is 1. The van der Waals surface area contributed by atoms with E-state index in [1.807, 2.05) is 24.3 Å². The third-order valence-corrected chi connectivity index (χ3v) is 5.18. The van der Waals surface area contributed by atoms with E-state index in [4.69, 9.17) is 11.6 Å². The smallest absolute Gasteiger partial charge is 0.251 e. The molecule has 0 radical (unpaired) electrons. The fraction of sp³-hybridized carbons (Fsp3) is 0.176. The number of fused-ring (bicyclic) bond motifs is 1. The normalized spacial score (nSPS) is 10.9. The highest BCUT2D eigenvalue weighted by atomic mass is 127. The van der Waals surface area contributed by atoms with Gasteiger partial charge in [0.1, 0.15) is 5.82 Å². The van der Waals surface area contributed by atoms with Crippen molar-refractivity contribution >= 4 is 51.1 Å². The molecule has 2 aromatic carbocycles. The highest BCUT2D eigenvalue weighted by Gasteiger charge is 2.12. The lowest BCUT2D eigenvalue weighted by Gasteiger charge is -2.08. The molecule has 6 heteroatoms. The van der Waals surface area contributed by atoms with E-state index in [1.54, 1.807) is 18.2 Å². The Morgan fingerprint density at radius 1 is 1.30 bits per heavy atom. The molecule has 4 nitrogen and oxygen atoms in total. The van der Waals surface area contributed by atoms with Gasteiger partial charge in [-0.15, -0.1) is 0 Å². The first-order chi connectivity index (χ1) is 11.1. The molecular formula is C17H15ClIN3O. The average Bonchev–Trinajstić information content (AvgIpc) is 2.92.